The number of hydrogen-bond donors (Lipinski definition) is 2. The molecule has 1 aromatic carbocycles. The van der Waals surface area contributed by atoms with Crippen LogP contribution in [0.15, 0.2) is 54.1 Å². The molecule has 0 radical (unpaired) electrons. The monoisotopic (exact) mass is 479 g/mol. The Morgan fingerprint density at radius 2 is 1.83 bits per heavy atom. The molecule has 2 N–H and O–H groups in total. The number of amides is 1. The van der Waals surface area contributed by atoms with Crippen molar-refractivity contribution < 1.29 is 29.0 Å². The molecule has 0 aromatic heterocycles. The third-order valence-corrected chi connectivity index (χ3v) is 8.72. The van der Waals surface area contributed by atoms with Crippen molar-refractivity contribution in [3.63, 3.8) is 0 Å². The summed E-state index contributed by atoms with van der Waals surface area (Å²) in [4.78, 5) is 39.6. The standard InChI is InChI=1S/C28H33NO6/c1-16-9-8-12-19-24(32)27(4)26(3,35-27)23-20(15-18-10-6-5-7-11-18)29-25(33)28(19,23)34-21(30)14-13-17(2)22(16)31/h5-8,10-13,16,19-20,23-24,32H,9,14-15H2,1-4H3,(H,29,33). The highest BCUT2D eigenvalue weighted by molar-refractivity contribution is 5.97. The highest BCUT2D eigenvalue weighted by Gasteiger charge is 2.85. The van der Waals surface area contributed by atoms with Gasteiger partial charge in [-0.25, -0.2) is 0 Å². The molecule has 8 unspecified atom stereocenters. The van der Waals surface area contributed by atoms with Crippen LogP contribution in [0.4, 0.5) is 0 Å². The minimum Gasteiger partial charge on any atom is -0.447 e. The molecule has 3 heterocycles. The lowest BCUT2D eigenvalue weighted by molar-refractivity contribution is -0.189. The number of carbonyl (C=O) groups excluding carboxylic acids is 3. The minimum absolute atomic E-state index is 0.0357. The second-order valence-electron chi connectivity index (χ2n) is 10.8. The fraction of sp³-hybridized carbons (Fsp3) is 0.536. The van der Waals surface area contributed by atoms with Gasteiger partial charge < -0.3 is 19.9 Å². The van der Waals surface area contributed by atoms with Gasteiger partial charge in [0.1, 0.15) is 11.2 Å². The highest BCUT2D eigenvalue weighted by atomic mass is 16.7. The van der Waals surface area contributed by atoms with Crippen molar-refractivity contribution >= 4 is 17.7 Å². The Labute approximate surface area is 205 Å². The number of aliphatic hydroxyl groups excluding tert-OH is 1. The fourth-order valence-electron chi connectivity index (χ4n) is 6.63. The minimum atomic E-state index is -1.62. The lowest BCUT2D eigenvalue weighted by Crippen LogP contribution is -2.66. The Hall–Kier alpha value is -2.77. The predicted octanol–water partition coefficient (Wildman–Crippen LogP) is 2.67. The maximum atomic E-state index is 13.8. The van der Waals surface area contributed by atoms with E-state index < -0.39 is 46.6 Å². The van der Waals surface area contributed by atoms with Gasteiger partial charge in [-0.15, -0.1) is 0 Å². The molecule has 1 spiro atoms. The molecule has 1 saturated carbocycles. The number of carbonyl (C=O) groups is 3. The van der Waals surface area contributed by atoms with Crippen LogP contribution in [0.1, 0.15) is 46.1 Å². The van der Waals surface area contributed by atoms with Crippen molar-refractivity contribution in [2.24, 2.45) is 17.8 Å². The maximum Gasteiger partial charge on any atom is 0.310 e. The Morgan fingerprint density at radius 3 is 2.54 bits per heavy atom. The Kier molecular flexibility index (Phi) is 5.57. The van der Waals surface area contributed by atoms with Crippen LogP contribution in [-0.4, -0.2) is 51.7 Å². The van der Waals surface area contributed by atoms with E-state index in [1.807, 2.05) is 57.2 Å². The fourth-order valence-corrected chi connectivity index (χ4v) is 6.63. The van der Waals surface area contributed by atoms with Crippen LogP contribution in [0, 0.1) is 17.8 Å². The number of aliphatic hydroxyl groups is 1. The van der Waals surface area contributed by atoms with Crippen LogP contribution in [-0.2, 0) is 30.3 Å². The van der Waals surface area contributed by atoms with Crippen LogP contribution in [0.5, 0.6) is 0 Å². The molecule has 1 aliphatic carbocycles. The van der Waals surface area contributed by atoms with E-state index in [1.54, 1.807) is 19.1 Å². The van der Waals surface area contributed by atoms with E-state index in [0.29, 0.717) is 18.4 Å². The van der Waals surface area contributed by atoms with E-state index in [4.69, 9.17) is 9.47 Å². The molecule has 3 aliphatic heterocycles. The Morgan fingerprint density at radius 1 is 1.11 bits per heavy atom. The normalized spacial score (nSPS) is 42.9. The van der Waals surface area contributed by atoms with Gasteiger partial charge in [0.25, 0.3) is 5.91 Å². The lowest BCUT2D eigenvalue weighted by atomic mass is 9.57. The van der Waals surface area contributed by atoms with Gasteiger partial charge in [0.05, 0.1) is 24.4 Å². The van der Waals surface area contributed by atoms with Crippen molar-refractivity contribution in [3.8, 4) is 0 Å². The maximum absolute atomic E-state index is 13.8. The van der Waals surface area contributed by atoms with Gasteiger partial charge in [0.2, 0.25) is 5.60 Å². The van der Waals surface area contributed by atoms with E-state index in [-0.39, 0.29) is 24.2 Å². The number of rotatable bonds is 2. The van der Waals surface area contributed by atoms with Crippen LogP contribution in [0.3, 0.4) is 0 Å². The molecule has 7 heteroatoms. The first-order chi connectivity index (χ1) is 16.5. The van der Waals surface area contributed by atoms with Gasteiger partial charge in [-0.2, -0.15) is 0 Å². The zero-order valence-corrected chi connectivity index (χ0v) is 20.6. The summed E-state index contributed by atoms with van der Waals surface area (Å²) in [5.41, 5.74) is -1.82. The second-order valence-corrected chi connectivity index (χ2v) is 10.8. The first kappa shape index (κ1) is 23.9. The van der Waals surface area contributed by atoms with Crippen molar-refractivity contribution in [2.75, 3.05) is 0 Å². The quantitative estimate of drug-likeness (QED) is 0.384. The molecule has 8 atom stereocenters. The molecule has 5 rings (SSSR count). The number of epoxide rings is 1. The third-order valence-electron chi connectivity index (χ3n) is 8.72. The zero-order chi connectivity index (χ0) is 25.2. The van der Waals surface area contributed by atoms with Crippen molar-refractivity contribution in [1.82, 2.24) is 5.32 Å². The summed E-state index contributed by atoms with van der Waals surface area (Å²) in [5, 5.41) is 14.6. The second kappa shape index (κ2) is 8.14. The SMILES string of the molecule is CC1=CCC(=O)OC23C(=O)NC(Cc4ccccc4)C2C2(C)OC2(C)C(O)C3C=CCC(C)C1=O. The zero-order valence-electron chi connectivity index (χ0n) is 20.6. The Balaban J connectivity index is 1.62. The molecular weight excluding hydrogens is 446 g/mol. The van der Waals surface area contributed by atoms with Gasteiger partial charge in [-0.3, -0.25) is 14.4 Å². The van der Waals surface area contributed by atoms with Gasteiger partial charge in [-0.1, -0.05) is 55.5 Å². The van der Waals surface area contributed by atoms with Crippen molar-refractivity contribution in [1.29, 1.82) is 0 Å². The van der Waals surface area contributed by atoms with Crippen LogP contribution in [0.2, 0.25) is 0 Å². The van der Waals surface area contributed by atoms with E-state index in [2.05, 4.69) is 5.32 Å². The lowest BCUT2D eigenvalue weighted by Gasteiger charge is -2.47. The average Bonchev–Trinajstić information content (AvgIpc) is 3.29. The smallest absolute Gasteiger partial charge is 0.310 e. The largest absolute Gasteiger partial charge is 0.447 e. The molecule has 1 aromatic rings. The molecule has 186 valence electrons. The summed E-state index contributed by atoms with van der Waals surface area (Å²) in [6.07, 6.45) is 4.95. The van der Waals surface area contributed by atoms with E-state index in [0.717, 1.165) is 5.56 Å². The van der Waals surface area contributed by atoms with Gasteiger partial charge in [0, 0.05) is 12.0 Å². The number of fused-ring (bicyclic) bond motifs is 2. The summed E-state index contributed by atoms with van der Waals surface area (Å²) in [5.74, 6) is -2.67. The number of allylic oxidation sites excluding steroid dienone is 2. The van der Waals surface area contributed by atoms with Gasteiger partial charge in [-0.05, 0) is 44.7 Å². The number of ether oxygens (including phenoxy) is 2. The topological polar surface area (TPSA) is 105 Å². The van der Waals surface area contributed by atoms with Crippen LogP contribution >= 0.6 is 0 Å². The Bertz CT molecular complexity index is 1130. The highest BCUT2D eigenvalue weighted by Crippen LogP contribution is 2.67. The number of ketones is 1. The summed E-state index contributed by atoms with van der Waals surface area (Å²) in [6.45, 7) is 7.28. The summed E-state index contributed by atoms with van der Waals surface area (Å²) >= 11 is 0. The van der Waals surface area contributed by atoms with E-state index in [9.17, 15) is 19.5 Å². The van der Waals surface area contributed by atoms with E-state index >= 15 is 0 Å². The first-order valence-corrected chi connectivity index (χ1v) is 12.4. The number of benzene rings is 1. The first-order valence-electron chi connectivity index (χ1n) is 12.4. The molecule has 0 bridgehead atoms. The number of hydrogen-bond acceptors (Lipinski definition) is 6. The third kappa shape index (κ3) is 3.43. The van der Waals surface area contributed by atoms with Crippen LogP contribution < -0.4 is 5.32 Å². The van der Waals surface area contributed by atoms with Gasteiger partial charge >= 0.3 is 5.97 Å². The molecule has 35 heavy (non-hydrogen) atoms. The summed E-state index contributed by atoms with van der Waals surface area (Å²) in [6, 6.07) is 9.49. The molecule has 2 saturated heterocycles. The van der Waals surface area contributed by atoms with Gasteiger partial charge in [0.15, 0.2) is 5.78 Å². The van der Waals surface area contributed by atoms with Crippen molar-refractivity contribution in [3.05, 3.63) is 59.7 Å². The average molecular weight is 480 g/mol. The number of nitrogens with one attached hydrogen (secondary N) is 1. The summed E-state index contributed by atoms with van der Waals surface area (Å²) in [7, 11) is 0. The molecule has 4 aliphatic rings. The van der Waals surface area contributed by atoms with Crippen molar-refractivity contribution in [2.45, 2.75) is 75.9 Å². The molecule has 7 nitrogen and oxygen atoms in total. The molecular formula is C28H33NO6. The number of Topliss-reactive ketones (excluding diaryl/α,β-unsaturated/α-hetero) is 1. The predicted molar refractivity (Wildman–Crippen MR) is 128 cm³/mol. The molecule has 3 fully saturated rings. The number of esters is 1. The summed E-state index contributed by atoms with van der Waals surface area (Å²) < 4.78 is 12.3. The van der Waals surface area contributed by atoms with E-state index in [1.165, 1.54) is 0 Å². The van der Waals surface area contributed by atoms with Crippen LogP contribution in [0.25, 0.3) is 0 Å². The molecule has 1 amide bonds.